The van der Waals surface area contributed by atoms with Gasteiger partial charge in [0.2, 0.25) is 10.0 Å². The standard InChI is InChI=1S/C19H20F2N4O3S/c1-4-7-29(27,28)24-16-9-12(20)8-15(18(16)21)23-13-5-6-14-17(11(13)2)19(26)25(3)10-22-14/h5-6,8-10,23-24H,4,7H2,1-3H3. The van der Waals surface area contributed by atoms with Gasteiger partial charge in [0, 0.05) is 24.9 Å². The molecule has 154 valence electrons. The second kappa shape index (κ2) is 7.78. The Hall–Kier alpha value is -3.01. The zero-order valence-corrected chi connectivity index (χ0v) is 16.9. The minimum Gasteiger partial charge on any atom is -0.353 e. The number of hydrogen-bond donors (Lipinski definition) is 2. The largest absolute Gasteiger partial charge is 0.353 e. The summed E-state index contributed by atoms with van der Waals surface area (Å²) in [5.41, 5.74) is 0.328. The molecule has 0 aliphatic carbocycles. The average molecular weight is 422 g/mol. The van der Waals surface area contributed by atoms with Crippen LogP contribution in [0.15, 0.2) is 35.4 Å². The maximum absolute atomic E-state index is 14.9. The third-order valence-electron chi connectivity index (χ3n) is 4.39. The lowest BCUT2D eigenvalue weighted by Crippen LogP contribution is -2.18. The maximum atomic E-state index is 14.9. The summed E-state index contributed by atoms with van der Waals surface area (Å²) in [5.74, 6) is -1.99. The average Bonchev–Trinajstić information content (AvgIpc) is 2.63. The van der Waals surface area contributed by atoms with Crippen LogP contribution in [0.2, 0.25) is 0 Å². The van der Waals surface area contributed by atoms with Gasteiger partial charge in [-0.1, -0.05) is 6.92 Å². The van der Waals surface area contributed by atoms with Gasteiger partial charge >= 0.3 is 0 Å². The number of anilines is 3. The highest BCUT2D eigenvalue weighted by atomic mass is 32.2. The lowest BCUT2D eigenvalue weighted by atomic mass is 10.1. The van der Waals surface area contributed by atoms with Gasteiger partial charge in [-0.25, -0.2) is 22.2 Å². The van der Waals surface area contributed by atoms with E-state index in [0.29, 0.717) is 28.6 Å². The molecule has 29 heavy (non-hydrogen) atoms. The Morgan fingerprint density at radius 1 is 1.14 bits per heavy atom. The zero-order chi connectivity index (χ0) is 21.3. The van der Waals surface area contributed by atoms with E-state index in [9.17, 15) is 22.0 Å². The van der Waals surface area contributed by atoms with Crippen LogP contribution in [-0.2, 0) is 17.1 Å². The molecular formula is C19H20F2N4O3S. The van der Waals surface area contributed by atoms with E-state index in [-0.39, 0.29) is 17.0 Å². The molecule has 0 fully saturated rings. The molecule has 0 aliphatic heterocycles. The summed E-state index contributed by atoms with van der Waals surface area (Å²) in [7, 11) is -2.23. The van der Waals surface area contributed by atoms with E-state index in [1.54, 1.807) is 33.0 Å². The molecule has 0 saturated heterocycles. The van der Waals surface area contributed by atoms with Crippen LogP contribution < -0.4 is 15.6 Å². The molecule has 0 spiro atoms. The lowest BCUT2D eigenvalue weighted by molar-refractivity contribution is 0.595. The van der Waals surface area contributed by atoms with Crippen LogP contribution in [0.1, 0.15) is 18.9 Å². The van der Waals surface area contributed by atoms with E-state index >= 15 is 0 Å². The number of fused-ring (bicyclic) bond motifs is 1. The van der Waals surface area contributed by atoms with Gasteiger partial charge in [-0.15, -0.1) is 0 Å². The SMILES string of the molecule is CCCS(=O)(=O)Nc1cc(F)cc(Nc2ccc3ncn(C)c(=O)c3c2C)c1F. The predicted octanol–water partition coefficient (Wildman–Crippen LogP) is 3.42. The van der Waals surface area contributed by atoms with E-state index in [0.717, 1.165) is 12.1 Å². The van der Waals surface area contributed by atoms with Gasteiger partial charge in [-0.2, -0.15) is 0 Å². The molecule has 1 heterocycles. The Morgan fingerprint density at radius 3 is 2.52 bits per heavy atom. The number of hydrogen-bond acceptors (Lipinski definition) is 5. The van der Waals surface area contributed by atoms with Gasteiger partial charge in [0.15, 0.2) is 5.82 Å². The number of rotatable bonds is 6. The van der Waals surface area contributed by atoms with Crippen molar-refractivity contribution in [3.05, 3.63) is 58.1 Å². The third-order valence-corrected chi connectivity index (χ3v) is 5.87. The smallest absolute Gasteiger partial charge is 0.261 e. The molecular weight excluding hydrogens is 402 g/mol. The molecule has 7 nitrogen and oxygen atoms in total. The van der Waals surface area contributed by atoms with Crippen molar-refractivity contribution in [3.8, 4) is 0 Å². The van der Waals surface area contributed by atoms with Crippen LogP contribution in [0, 0.1) is 18.6 Å². The van der Waals surface area contributed by atoms with Crippen LogP contribution in [0.3, 0.4) is 0 Å². The van der Waals surface area contributed by atoms with Crippen molar-refractivity contribution >= 4 is 38.0 Å². The van der Waals surface area contributed by atoms with Gasteiger partial charge in [0.25, 0.3) is 5.56 Å². The van der Waals surface area contributed by atoms with E-state index in [4.69, 9.17) is 0 Å². The van der Waals surface area contributed by atoms with Crippen molar-refractivity contribution in [2.75, 3.05) is 15.8 Å². The second-order valence-electron chi connectivity index (χ2n) is 6.65. The highest BCUT2D eigenvalue weighted by Crippen LogP contribution is 2.30. The van der Waals surface area contributed by atoms with Crippen LogP contribution in [0.25, 0.3) is 10.9 Å². The third kappa shape index (κ3) is 4.21. The van der Waals surface area contributed by atoms with Crippen LogP contribution in [0.5, 0.6) is 0 Å². The summed E-state index contributed by atoms with van der Waals surface area (Å²) >= 11 is 0. The molecule has 10 heteroatoms. The molecule has 0 radical (unpaired) electrons. The highest BCUT2D eigenvalue weighted by Gasteiger charge is 2.18. The normalized spacial score (nSPS) is 11.6. The molecule has 3 aromatic rings. The first-order chi connectivity index (χ1) is 13.6. The fourth-order valence-corrected chi connectivity index (χ4v) is 4.10. The van der Waals surface area contributed by atoms with Crippen LogP contribution in [-0.4, -0.2) is 23.7 Å². The quantitative estimate of drug-likeness (QED) is 0.635. The van der Waals surface area contributed by atoms with Crippen molar-refractivity contribution < 1.29 is 17.2 Å². The number of aromatic nitrogens is 2. The molecule has 0 amide bonds. The fraction of sp³-hybridized carbons (Fsp3) is 0.263. The van der Waals surface area contributed by atoms with E-state index in [2.05, 4.69) is 15.0 Å². The number of nitrogens with one attached hydrogen (secondary N) is 2. The number of benzene rings is 2. The molecule has 2 N–H and O–H groups in total. The Balaban J connectivity index is 2.06. The first-order valence-corrected chi connectivity index (χ1v) is 10.5. The van der Waals surface area contributed by atoms with Gasteiger partial charge in [0.05, 0.1) is 34.4 Å². The second-order valence-corrected chi connectivity index (χ2v) is 8.50. The van der Waals surface area contributed by atoms with Crippen molar-refractivity contribution in [1.29, 1.82) is 0 Å². The highest BCUT2D eigenvalue weighted by molar-refractivity contribution is 7.92. The summed E-state index contributed by atoms with van der Waals surface area (Å²) in [6.07, 6.45) is 1.73. The van der Waals surface area contributed by atoms with Gasteiger partial charge in [-0.05, 0) is 31.0 Å². The number of nitrogens with zero attached hydrogens (tertiary/aromatic N) is 2. The summed E-state index contributed by atoms with van der Waals surface area (Å²) in [5, 5.41) is 3.10. The van der Waals surface area contributed by atoms with Crippen LogP contribution in [0.4, 0.5) is 25.8 Å². The number of halogens is 2. The molecule has 0 saturated carbocycles. The van der Waals surface area contributed by atoms with E-state index in [1.165, 1.54) is 10.9 Å². The van der Waals surface area contributed by atoms with Crippen molar-refractivity contribution in [2.45, 2.75) is 20.3 Å². The number of aryl methyl sites for hydroxylation is 2. The predicted molar refractivity (Wildman–Crippen MR) is 109 cm³/mol. The topological polar surface area (TPSA) is 93.1 Å². The Morgan fingerprint density at radius 2 is 1.83 bits per heavy atom. The zero-order valence-electron chi connectivity index (χ0n) is 16.1. The minimum absolute atomic E-state index is 0.216. The Kier molecular flexibility index (Phi) is 5.56. The first kappa shape index (κ1) is 20.7. The molecule has 1 aromatic heterocycles. The molecule has 3 rings (SSSR count). The van der Waals surface area contributed by atoms with Crippen molar-refractivity contribution in [1.82, 2.24) is 9.55 Å². The fourth-order valence-electron chi connectivity index (χ4n) is 2.97. The van der Waals surface area contributed by atoms with Crippen molar-refractivity contribution in [2.24, 2.45) is 7.05 Å². The van der Waals surface area contributed by atoms with Crippen LogP contribution >= 0.6 is 0 Å². The molecule has 0 aliphatic rings. The van der Waals surface area contributed by atoms with Gasteiger partial charge in [0.1, 0.15) is 5.82 Å². The monoisotopic (exact) mass is 422 g/mol. The van der Waals surface area contributed by atoms with Gasteiger partial charge < -0.3 is 9.88 Å². The summed E-state index contributed by atoms with van der Waals surface area (Å²) in [4.78, 5) is 16.6. The summed E-state index contributed by atoms with van der Waals surface area (Å²) < 4.78 is 56.2. The molecule has 0 atom stereocenters. The molecule has 2 aromatic carbocycles. The van der Waals surface area contributed by atoms with Crippen molar-refractivity contribution in [3.63, 3.8) is 0 Å². The maximum Gasteiger partial charge on any atom is 0.261 e. The van der Waals surface area contributed by atoms with E-state index in [1.807, 2.05) is 0 Å². The van der Waals surface area contributed by atoms with Gasteiger partial charge in [-0.3, -0.25) is 9.52 Å². The summed E-state index contributed by atoms with van der Waals surface area (Å²) in [6, 6.07) is 4.88. The summed E-state index contributed by atoms with van der Waals surface area (Å²) in [6.45, 7) is 3.32. The van der Waals surface area contributed by atoms with E-state index < -0.39 is 27.3 Å². The number of sulfonamides is 1. The first-order valence-electron chi connectivity index (χ1n) is 8.84. The Bertz CT molecular complexity index is 1260. The lowest BCUT2D eigenvalue weighted by Gasteiger charge is -2.15. The minimum atomic E-state index is -3.80. The molecule has 0 bridgehead atoms. The molecule has 0 unspecified atom stereocenters. The Labute approximate surface area is 166 Å².